The van der Waals surface area contributed by atoms with Gasteiger partial charge in [-0.25, -0.2) is 9.18 Å². The van der Waals surface area contributed by atoms with Crippen LogP contribution in [-0.4, -0.2) is 16.1 Å². The summed E-state index contributed by atoms with van der Waals surface area (Å²) < 4.78 is 13.1. The van der Waals surface area contributed by atoms with Gasteiger partial charge in [-0.3, -0.25) is 0 Å². The van der Waals surface area contributed by atoms with Crippen molar-refractivity contribution in [2.75, 3.05) is 0 Å². The molecule has 0 aliphatic heterocycles. The topological polar surface area (TPSA) is 53.1 Å². The van der Waals surface area contributed by atoms with Crippen LogP contribution in [0.3, 0.4) is 0 Å². The van der Waals surface area contributed by atoms with Gasteiger partial charge in [0.05, 0.1) is 5.56 Å². The molecule has 15 heavy (non-hydrogen) atoms. The second-order valence-corrected chi connectivity index (χ2v) is 3.08. The average Bonchev–Trinajstić information content (AvgIpc) is 2.71. The van der Waals surface area contributed by atoms with Crippen molar-refractivity contribution >= 4 is 5.97 Å². The van der Waals surface area contributed by atoms with Crippen LogP contribution in [0.15, 0.2) is 36.5 Å². The number of H-pyrrole nitrogens is 1. The first-order valence-corrected chi connectivity index (χ1v) is 4.35. The van der Waals surface area contributed by atoms with Gasteiger partial charge in [-0.05, 0) is 35.9 Å². The largest absolute Gasteiger partial charge is 0.478 e. The Morgan fingerprint density at radius 2 is 2.13 bits per heavy atom. The molecule has 0 fully saturated rings. The Kier molecular flexibility index (Phi) is 2.25. The van der Waals surface area contributed by atoms with Gasteiger partial charge in [0, 0.05) is 11.9 Å². The van der Waals surface area contributed by atoms with Crippen molar-refractivity contribution in [1.29, 1.82) is 0 Å². The van der Waals surface area contributed by atoms with Gasteiger partial charge in [0.25, 0.3) is 0 Å². The first-order chi connectivity index (χ1) is 7.18. The van der Waals surface area contributed by atoms with E-state index in [1.54, 1.807) is 18.3 Å². The quantitative estimate of drug-likeness (QED) is 0.791. The van der Waals surface area contributed by atoms with E-state index in [1.165, 1.54) is 12.1 Å². The van der Waals surface area contributed by atoms with Crippen molar-refractivity contribution in [2.45, 2.75) is 0 Å². The highest BCUT2D eigenvalue weighted by molar-refractivity contribution is 5.89. The molecule has 0 unspecified atom stereocenters. The van der Waals surface area contributed by atoms with Crippen molar-refractivity contribution in [3.8, 4) is 11.3 Å². The number of carboxylic acids is 1. The van der Waals surface area contributed by atoms with E-state index in [9.17, 15) is 9.18 Å². The number of halogens is 1. The Morgan fingerprint density at radius 3 is 2.73 bits per heavy atom. The van der Waals surface area contributed by atoms with E-state index < -0.39 is 11.8 Å². The van der Waals surface area contributed by atoms with E-state index in [-0.39, 0.29) is 5.56 Å². The maximum Gasteiger partial charge on any atom is 0.338 e. The number of aromatic nitrogens is 1. The van der Waals surface area contributed by atoms with Crippen LogP contribution in [0.4, 0.5) is 4.39 Å². The van der Waals surface area contributed by atoms with Gasteiger partial charge in [-0.2, -0.15) is 0 Å². The van der Waals surface area contributed by atoms with Crippen LogP contribution >= 0.6 is 0 Å². The lowest BCUT2D eigenvalue weighted by molar-refractivity contribution is 0.0692. The zero-order valence-corrected chi connectivity index (χ0v) is 7.70. The van der Waals surface area contributed by atoms with E-state index in [4.69, 9.17) is 5.11 Å². The highest BCUT2D eigenvalue weighted by atomic mass is 19.1. The zero-order valence-electron chi connectivity index (χ0n) is 7.70. The summed E-state index contributed by atoms with van der Waals surface area (Å²) in [6.07, 6.45) is 1.72. The summed E-state index contributed by atoms with van der Waals surface area (Å²) in [7, 11) is 0. The summed E-state index contributed by atoms with van der Waals surface area (Å²) in [6, 6.07) is 7.58. The SMILES string of the molecule is O=C(O)c1cc(-c2ccc[nH]2)ccc1F. The fourth-order valence-electron chi connectivity index (χ4n) is 1.37. The summed E-state index contributed by atoms with van der Waals surface area (Å²) in [5, 5.41) is 8.74. The molecule has 0 atom stereocenters. The molecule has 0 saturated heterocycles. The number of carboxylic acid groups (broad SMARTS) is 1. The van der Waals surface area contributed by atoms with Crippen LogP contribution in [0.25, 0.3) is 11.3 Å². The summed E-state index contributed by atoms with van der Waals surface area (Å²) in [5.41, 5.74) is 1.10. The van der Waals surface area contributed by atoms with E-state index in [0.29, 0.717) is 5.56 Å². The molecule has 1 aromatic heterocycles. The van der Waals surface area contributed by atoms with E-state index >= 15 is 0 Å². The number of carbonyl (C=O) groups is 1. The lowest BCUT2D eigenvalue weighted by atomic mass is 10.1. The molecule has 1 aromatic carbocycles. The highest BCUT2D eigenvalue weighted by Gasteiger charge is 2.11. The Morgan fingerprint density at radius 1 is 1.33 bits per heavy atom. The molecule has 0 aliphatic rings. The summed E-state index contributed by atoms with van der Waals surface area (Å²) in [4.78, 5) is 13.6. The van der Waals surface area contributed by atoms with E-state index in [1.807, 2.05) is 0 Å². The number of rotatable bonds is 2. The van der Waals surface area contributed by atoms with Gasteiger partial charge in [0.15, 0.2) is 0 Å². The molecule has 0 amide bonds. The van der Waals surface area contributed by atoms with E-state index in [0.717, 1.165) is 11.8 Å². The number of nitrogens with one attached hydrogen (secondary N) is 1. The smallest absolute Gasteiger partial charge is 0.338 e. The third kappa shape index (κ3) is 1.74. The maximum atomic E-state index is 13.1. The fourth-order valence-corrected chi connectivity index (χ4v) is 1.37. The Bertz CT molecular complexity index is 491. The molecular formula is C11H8FNO2. The van der Waals surface area contributed by atoms with Crippen molar-refractivity contribution in [3.63, 3.8) is 0 Å². The average molecular weight is 205 g/mol. The number of hydrogen-bond donors (Lipinski definition) is 2. The Hall–Kier alpha value is -2.10. The molecule has 76 valence electrons. The Balaban J connectivity index is 2.52. The molecule has 2 N–H and O–H groups in total. The zero-order chi connectivity index (χ0) is 10.8. The van der Waals surface area contributed by atoms with Crippen molar-refractivity contribution in [2.24, 2.45) is 0 Å². The van der Waals surface area contributed by atoms with Crippen molar-refractivity contribution < 1.29 is 14.3 Å². The summed E-state index contributed by atoms with van der Waals surface area (Å²) >= 11 is 0. The number of aromatic amines is 1. The van der Waals surface area contributed by atoms with Crippen LogP contribution in [0.1, 0.15) is 10.4 Å². The van der Waals surface area contributed by atoms with Crippen LogP contribution in [0.5, 0.6) is 0 Å². The normalized spacial score (nSPS) is 10.2. The van der Waals surface area contributed by atoms with Crippen LogP contribution < -0.4 is 0 Å². The predicted octanol–water partition coefficient (Wildman–Crippen LogP) is 2.52. The maximum absolute atomic E-state index is 13.1. The Labute approximate surface area is 85.2 Å². The summed E-state index contributed by atoms with van der Waals surface area (Å²) in [6.45, 7) is 0. The van der Waals surface area contributed by atoms with E-state index in [2.05, 4.69) is 4.98 Å². The monoisotopic (exact) mass is 205 g/mol. The van der Waals surface area contributed by atoms with Crippen LogP contribution in [0, 0.1) is 5.82 Å². The molecule has 3 nitrogen and oxygen atoms in total. The standard InChI is InChI=1S/C11H8FNO2/c12-9-4-3-7(6-8(9)11(14)15)10-2-1-5-13-10/h1-6,13H,(H,14,15). The third-order valence-corrected chi connectivity index (χ3v) is 2.11. The molecule has 2 rings (SSSR count). The first-order valence-electron chi connectivity index (χ1n) is 4.35. The lowest BCUT2D eigenvalue weighted by Crippen LogP contribution is -2.00. The van der Waals surface area contributed by atoms with Gasteiger partial charge in [-0.15, -0.1) is 0 Å². The molecular weight excluding hydrogens is 197 g/mol. The number of hydrogen-bond acceptors (Lipinski definition) is 1. The molecule has 0 bridgehead atoms. The van der Waals surface area contributed by atoms with Gasteiger partial charge in [0.1, 0.15) is 5.82 Å². The molecule has 4 heteroatoms. The van der Waals surface area contributed by atoms with Crippen molar-refractivity contribution in [3.05, 3.63) is 47.9 Å². The minimum absolute atomic E-state index is 0.317. The molecule has 2 aromatic rings. The molecule has 0 spiro atoms. The second-order valence-electron chi connectivity index (χ2n) is 3.08. The highest BCUT2D eigenvalue weighted by Crippen LogP contribution is 2.20. The van der Waals surface area contributed by atoms with Crippen LogP contribution in [-0.2, 0) is 0 Å². The van der Waals surface area contributed by atoms with Crippen LogP contribution in [0.2, 0.25) is 0 Å². The molecule has 0 aliphatic carbocycles. The predicted molar refractivity (Wildman–Crippen MR) is 53.1 cm³/mol. The van der Waals surface area contributed by atoms with Crippen molar-refractivity contribution in [1.82, 2.24) is 4.98 Å². The number of aromatic carboxylic acids is 1. The van der Waals surface area contributed by atoms with Gasteiger partial charge in [-0.1, -0.05) is 0 Å². The fraction of sp³-hybridized carbons (Fsp3) is 0. The number of benzene rings is 1. The second kappa shape index (κ2) is 3.57. The summed E-state index contributed by atoms with van der Waals surface area (Å²) in [5.74, 6) is -1.99. The van der Waals surface area contributed by atoms with Gasteiger partial charge < -0.3 is 10.1 Å². The van der Waals surface area contributed by atoms with Gasteiger partial charge in [0.2, 0.25) is 0 Å². The first kappa shape index (κ1) is 9.45. The lowest BCUT2D eigenvalue weighted by Gasteiger charge is -2.01. The third-order valence-electron chi connectivity index (χ3n) is 2.11. The minimum atomic E-state index is -1.26. The minimum Gasteiger partial charge on any atom is -0.478 e. The molecule has 0 radical (unpaired) electrons. The molecule has 0 saturated carbocycles. The van der Waals surface area contributed by atoms with Gasteiger partial charge >= 0.3 is 5.97 Å². The molecule has 1 heterocycles.